The lowest BCUT2D eigenvalue weighted by Gasteiger charge is -2.18. The molecule has 0 heterocycles. The van der Waals surface area contributed by atoms with Gasteiger partial charge < -0.3 is 0 Å². The molecule has 0 N–H and O–H groups in total. The van der Waals surface area contributed by atoms with E-state index in [2.05, 4.69) is 11.8 Å². The zero-order chi connectivity index (χ0) is 7.94. The average molecular weight is 154 g/mol. The first-order valence-corrected chi connectivity index (χ1v) is 4.45. The van der Waals surface area contributed by atoms with Crippen molar-refractivity contribution in [3.63, 3.8) is 0 Å². The molecule has 0 saturated heterocycles. The molecule has 1 heteroatoms. The van der Waals surface area contributed by atoms with Crippen molar-refractivity contribution in [3.8, 4) is 11.8 Å². The molecule has 1 aliphatic carbocycles. The van der Waals surface area contributed by atoms with Crippen LogP contribution in [0, 0.1) is 17.8 Å². The minimum atomic E-state index is -0.479. The topological polar surface area (TPSA) is 0 Å². The zero-order valence-electron chi connectivity index (χ0n) is 6.91. The van der Waals surface area contributed by atoms with E-state index in [1.807, 2.05) is 0 Å². The Labute approximate surface area is 68.2 Å². The molecule has 0 aromatic heterocycles. The molecule has 0 unspecified atom stereocenters. The van der Waals surface area contributed by atoms with Crippen LogP contribution in [-0.4, -0.2) is 6.67 Å². The van der Waals surface area contributed by atoms with Crippen LogP contribution < -0.4 is 0 Å². The van der Waals surface area contributed by atoms with Gasteiger partial charge in [-0.2, -0.15) is 0 Å². The van der Waals surface area contributed by atoms with Crippen molar-refractivity contribution in [2.75, 3.05) is 6.67 Å². The number of halogens is 1. The Kier molecular flexibility index (Phi) is 4.04. The second-order valence-corrected chi connectivity index (χ2v) is 3.20. The van der Waals surface area contributed by atoms with E-state index in [-0.39, 0.29) is 0 Å². The summed E-state index contributed by atoms with van der Waals surface area (Å²) in [5.74, 6) is 6.13. The monoisotopic (exact) mass is 154 g/mol. The smallest absolute Gasteiger partial charge is 0.150 e. The molecule has 0 aliphatic heterocycles. The molecule has 1 rings (SSSR count). The third-order valence-electron chi connectivity index (χ3n) is 2.31. The van der Waals surface area contributed by atoms with Crippen molar-refractivity contribution in [1.29, 1.82) is 0 Å². The highest BCUT2D eigenvalue weighted by Gasteiger charge is 2.11. The molecule has 1 aliphatic rings. The quantitative estimate of drug-likeness (QED) is 0.509. The van der Waals surface area contributed by atoms with Gasteiger partial charge >= 0.3 is 0 Å². The Morgan fingerprint density at radius 2 is 1.82 bits per heavy atom. The van der Waals surface area contributed by atoms with Gasteiger partial charge in [-0.15, -0.1) is 5.92 Å². The lowest BCUT2D eigenvalue weighted by molar-refractivity contribution is 0.365. The van der Waals surface area contributed by atoms with E-state index in [4.69, 9.17) is 0 Å². The summed E-state index contributed by atoms with van der Waals surface area (Å²) in [5, 5.41) is 0. The maximum atomic E-state index is 11.6. The highest BCUT2D eigenvalue weighted by Crippen LogP contribution is 2.25. The van der Waals surface area contributed by atoms with Crippen LogP contribution in [0.1, 0.15) is 38.5 Å². The van der Waals surface area contributed by atoms with Crippen LogP contribution in [0.4, 0.5) is 4.39 Å². The molecule has 1 fully saturated rings. The van der Waals surface area contributed by atoms with Crippen LogP contribution in [0.5, 0.6) is 0 Å². The van der Waals surface area contributed by atoms with Crippen LogP contribution in [0.15, 0.2) is 0 Å². The van der Waals surface area contributed by atoms with Gasteiger partial charge in [0.1, 0.15) is 6.67 Å². The summed E-state index contributed by atoms with van der Waals surface area (Å²) < 4.78 is 11.6. The zero-order valence-corrected chi connectivity index (χ0v) is 6.91. The highest BCUT2D eigenvalue weighted by atomic mass is 19.1. The van der Waals surface area contributed by atoms with Crippen LogP contribution in [-0.2, 0) is 0 Å². The minimum absolute atomic E-state index is 0.479. The number of hydrogen-bond acceptors (Lipinski definition) is 0. The molecule has 0 atom stereocenters. The molecular formula is C10H15F. The van der Waals surface area contributed by atoms with Crippen LogP contribution in [0.3, 0.4) is 0 Å². The van der Waals surface area contributed by atoms with E-state index < -0.39 is 6.67 Å². The fourth-order valence-corrected chi connectivity index (χ4v) is 1.66. The fraction of sp³-hybridized carbons (Fsp3) is 0.800. The summed E-state index contributed by atoms with van der Waals surface area (Å²) in [6, 6.07) is 0. The van der Waals surface area contributed by atoms with Gasteiger partial charge in [0, 0.05) is 6.42 Å². The standard InChI is InChI=1S/C10H15F/c11-9-5-4-8-10-6-2-1-3-7-10/h10H,1-3,6-9H2. The Morgan fingerprint density at radius 3 is 2.45 bits per heavy atom. The first kappa shape index (κ1) is 8.59. The van der Waals surface area contributed by atoms with Crippen molar-refractivity contribution in [3.05, 3.63) is 0 Å². The van der Waals surface area contributed by atoms with Gasteiger partial charge in [-0.3, -0.25) is 0 Å². The summed E-state index contributed by atoms with van der Waals surface area (Å²) >= 11 is 0. The maximum Gasteiger partial charge on any atom is 0.150 e. The minimum Gasteiger partial charge on any atom is -0.237 e. The normalized spacial score (nSPS) is 19.0. The summed E-state index contributed by atoms with van der Waals surface area (Å²) in [5.41, 5.74) is 0. The third-order valence-corrected chi connectivity index (χ3v) is 2.31. The maximum absolute atomic E-state index is 11.6. The molecule has 1 saturated carbocycles. The van der Waals surface area contributed by atoms with E-state index >= 15 is 0 Å². The average Bonchev–Trinajstić information content (AvgIpc) is 2.07. The summed E-state index contributed by atoms with van der Waals surface area (Å²) in [7, 11) is 0. The van der Waals surface area contributed by atoms with Gasteiger partial charge in [-0.05, 0) is 18.8 Å². The summed E-state index contributed by atoms with van der Waals surface area (Å²) in [6.45, 7) is -0.479. The SMILES string of the molecule is FCC#CCC1CCCCC1. The van der Waals surface area contributed by atoms with Gasteiger partial charge in [0.15, 0.2) is 0 Å². The number of hydrogen-bond donors (Lipinski definition) is 0. The second kappa shape index (κ2) is 5.18. The number of rotatable bonds is 1. The Morgan fingerprint density at radius 1 is 1.09 bits per heavy atom. The van der Waals surface area contributed by atoms with Gasteiger partial charge in [-0.1, -0.05) is 25.2 Å². The van der Waals surface area contributed by atoms with Crippen LogP contribution in [0.25, 0.3) is 0 Å². The van der Waals surface area contributed by atoms with Gasteiger partial charge in [-0.25, -0.2) is 4.39 Å². The van der Waals surface area contributed by atoms with Crippen molar-refractivity contribution >= 4 is 0 Å². The lowest BCUT2D eigenvalue weighted by atomic mass is 9.87. The molecule has 0 nitrogen and oxygen atoms in total. The third kappa shape index (κ3) is 3.41. The van der Waals surface area contributed by atoms with Gasteiger partial charge in [0.05, 0.1) is 0 Å². The first-order valence-electron chi connectivity index (χ1n) is 4.45. The predicted molar refractivity (Wildman–Crippen MR) is 44.9 cm³/mol. The highest BCUT2D eigenvalue weighted by molar-refractivity contribution is 5.00. The van der Waals surface area contributed by atoms with Crippen molar-refractivity contribution in [2.24, 2.45) is 5.92 Å². The Hall–Kier alpha value is -0.510. The summed E-state index contributed by atoms with van der Waals surface area (Å²) in [4.78, 5) is 0. The molecule has 0 aromatic carbocycles. The molecular weight excluding hydrogens is 139 g/mol. The molecule has 0 spiro atoms. The van der Waals surface area contributed by atoms with E-state index in [9.17, 15) is 4.39 Å². The van der Waals surface area contributed by atoms with Crippen molar-refractivity contribution in [1.82, 2.24) is 0 Å². The predicted octanol–water partition coefficient (Wildman–Crippen LogP) is 2.93. The van der Waals surface area contributed by atoms with E-state index in [0.717, 1.165) is 12.3 Å². The first-order chi connectivity index (χ1) is 5.43. The second-order valence-electron chi connectivity index (χ2n) is 3.20. The van der Waals surface area contributed by atoms with E-state index in [1.54, 1.807) is 0 Å². The Balaban J connectivity index is 2.14. The van der Waals surface area contributed by atoms with E-state index in [0.29, 0.717) is 0 Å². The van der Waals surface area contributed by atoms with Gasteiger partial charge in [0.2, 0.25) is 0 Å². The number of alkyl halides is 1. The largest absolute Gasteiger partial charge is 0.237 e. The van der Waals surface area contributed by atoms with Crippen LogP contribution >= 0.6 is 0 Å². The molecule has 11 heavy (non-hydrogen) atoms. The molecule has 0 bridgehead atoms. The molecule has 0 radical (unpaired) electrons. The lowest BCUT2D eigenvalue weighted by Crippen LogP contribution is -2.04. The molecule has 62 valence electrons. The Bertz CT molecular complexity index is 146. The van der Waals surface area contributed by atoms with E-state index in [1.165, 1.54) is 32.1 Å². The molecule has 0 aromatic rings. The molecule has 0 amide bonds. The van der Waals surface area contributed by atoms with Crippen LogP contribution in [0.2, 0.25) is 0 Å². The summed E-state index contributed by atoms with van der Waals surface area (Å²) in [6.07, 6.45) is 7.61. The van der Waals surface area contributed by atoms with Crippen molar-refractivity contribution in [2.45, 2.75) is 38.5 Å². The van der Waals surface area contributed by atoms with Gasteiger partial charge in [0.25, 0.3) is 0 Å². The van der Waals surface area contributed by atoms with Crippen molar-refractivity contribution < 1.29 is 4.39 Å². The fourth-order valence-electron chi connectivity index (χ4n) is 1.66.